The molecule has 0 spiro atoms. The molecule has 0 radical (unpaired) electrons. The van der Waals surface area contributed by atoms with Crippen LogP contribution in [0.1, 0.15) is 13.3 Å². The average Bonchev–Trinajstić information content (AvgIpc) is 2.78. The van der Waals surface area contributed by atoms with Gasteiger partial charge in [-0.25, -0.2) is 18.1 Å². The first-order valence-corrected chi connectivity index (χ1v) is 7.16. The fraction of sp³-hybridized carbons (Fsp3) is 0.700. The van der Waals surface area contributed by atoms with E-state index in [4.69, 9.17) is 4.74 Å². The van der Waals surface area contributed by atoms with Crippen molar-refractivity contribution in [2.75, 3.05) is 20.3 Å². The molecule has 1 rings (SSSR count). The lowest BCUT2D eigenvalue weighted by Crippen LogP contribution is -2.28. The van der Waals surface area contributed by atoms with Crippen LogP contribution in [0, 0.1) is 0 Å². The van der Waals surface area contributed by atoms with Crippen LogP contribution in [0.5, 0.6) is 0 Å². The average molecular weight is 277 g/mol. The molecule has 1 heterocycles. The maximum Gasteiger partial charge on any atom is 0.259 e. The summed E-state index contributed by atoms with van der Waals surface area (Å²) >= 11 is 0. The van der Waals surface area contributed by atoms with Gasteiger partial charge in [0.2, 0.25) is 0 Å². The minimum absolute atomic E-state index is 0.00872. The summed E-state index contributed by atoms with van der Waals surface area (Å²) in [6.07, 6.45) is 2.55. The van der Waals surface area contributed by atoms with Crippen molar-refractivity contribution in [2.24, 2.45) is 0 Å². The first-order chi connectivity index (χ1) is 8.49. The SMILES string of the molecule is CCn1cnc(S(=O)(=O)NCCC(O)COC)c1. The van der Waals surface area contributed by atoms with Crippen molar-refractivity contribution in [3.63, 3.8) is 0 Å². The summed E-state index contributed by atoms with van der Waals surface area (Å²) in [7, 11) is -2.12. The molecule has 7 nitrogen and oxygen atoms in total. The fourth-order valence-corrected chi connectivity index (χ4v) is 2.36. The quantitative estimate of drug-likeness (QED) is 0.673. The van der Waals surface area contributed by atoms with Crippen LogP contribution in [-0.2, 0) is 21.3 Å². The molecular formula is C10H19N3O4S. The number of aliphatic hydroxyl groups is 1. The molecule has 1 aromatic rings. The third-order valence-corrected chi connectivity index (χ3v) is 3.72. The van der Waals surface area contributed by atoms with Gasteiger partial charge in [-0.05, 0) is 13.3 Å². The molecule has 0 aliphatic rings. The summed E-state index contributed by atoms with van der Waals surface area (Å²) in [5.74, 6) is 0. The highest BCUT2D eigenvalue weighted by Gasteiger charge is 2.17. The standard InChI is InChI=1S/C10H19N3O4S/c1-3-13-6-10(11-8-13)18(15,16)12-5-4-9(14)7-17-2/h6,8-9,12,14H,3-5,7H2,1-2H3. The first kappa shape index (κ1) is 15.1. The van der Waals surface area contributed by atoms with E-state index in [9.17, 15) is 13.5 Å². The molecule has 0 amide bonds. The van der Waals surface area contributed by atoms with Crippen LogP contribution in [0.25, 0.3) is 0 Å². The second-order valence-corrected chi connectivity index (χ2v) is 5.55. The van der Waals surface area contributed by atoms with Gasteiger partial charge in [0, 0.05) is 26.4 Å². The molecule has 0 saturated carbocycles. The Hall–Kier alpha value is -0.960. The molecule has 0 fully saturated rings. The lowest BCUT2D eigenvalue weighted by Gasteiger charge is -2.09. The zero-order valence-electron chi connectivity index (χ0n) is 10.5. The number of hydrogen-bond acceptors (Lipinski definition) is 5. The molecule has 8 heteroatoms. The van der Waals surface area contributed by atoms with Crippen LogP contribution >= 0.6 is 0 Å². The van der Waals surface area contributed by atoms with Crippen LogP contribution in [0.15, 0.2) is 17.6 Å². The second kappa shape index (κ2) is 6.83. The van der Waals surface area contributed by atoms with Gasteiger partial charge >= 0.3 is 0 Å². The number of imidazole rings is 1. The number of aryl methyl sites for hydroxylation is 1. The normalized spacial score (nSPS) is 13.7. The van der Waals surface area contributed by atoms with E-state index in [1.54, 1.807) is 4.57 Å². The molecule has 0 bridgehead atoms. The monoisotopic (exact) mass is 277 g/mol. The molecule has 0 saturated heterocycles. The number of aromatic nitrogens is 2. The maximum absolute atomic E-state index is 11.8. The molecule has 2 N–H and O–H groups in total. The number of hydrogen-bond donors (Lipinski definition) is 2. The number of ether oxygens (including phenoxy) is 1. The molecule has 1 aromatic heterocycles. The van der Waals surface area contributed by atoms with E-state index in [-0.39, 0.29) is 18.2 Å². The highest BCUT2D eigenvalue weighted by atomic mass is 32.2. The summed E-state index contributed by atoms with van der Waals surface area (Å²) in [5, 5.41) is 9.37. The number of rotatable bonds is 8. The predicted octanol–water partition coefficient (Wildman–Crippen LogP) is -0.421. The maximum atomic E-state index is 11.8. The van der Waals surface area contributed by atoms with E-state index in [1.807, 2.05) is 6.92 Å². The topological polar surface area (TPSA) is 93.5 Å². The van der Waals surface area contributed by atoms with E-state index in [0.717, 1.165) is 0 Å². The van der Waals surface area contributed by atoms with Gasteiger partial charge in [-0.1, -0.05) is 0 Å². The largest absolute Gasteiger partial charge is 0.391 e. The number of nitrogens with one attached hydrogen (secondary N) is 1. The Kier molecular flexibility index (Phi) is 5.73. The van der Waals surface area contributed by atoms with Crippen LogP contribution < -0.4 is 4.72 Å². The van der Waals surface area contributed by atoms with Crippen LogP contribution in [0.3, 0.4) is 0 Å². The Balaban J connectivity index is 2.50. The Morgan fingerprint density at radius 3 is 2.89 bits per heavy atom. The second-order valence-electron chi connectivity index (χ2n) is 3.84. The summed E-state index contributed by atoms with van der Waals surface area (Å²) in [6, 6.07) is 0. The molecule has 1 atom stereocenters. The van der Waals surface area contributed by atoms with Crippen molar-refractivity contribution in [3.8, 4) is 0 Å². The Bertz CT molecular complexity index is 457. The van der Waals surface area contributed by atoms with Crippen molar-refractivity contribution < 1.29 is 18.3 Å². The summed E-state index contributed by atoms with van der Waals surface area (Å²) in [5.41, 5.74) is 0. The lowest BCUT2D eigenvalue weighted by molar-refractivity contribution is 0.0603. The first-order valence-electron chi connectivity index (χ1n) is 5.68. The molecule has 104 valence electrons. The fourth-order valence-electron chi connectivity index (χ4n) is 1.36. The van der Waals surface area contributed by atoms with Gasteiger partial charge in [-0.15, -0.1) is 0 Å². The zero-order chi connectivity index (χ0) is 13.6. The third-order valence-electron chi connectivity index (χ3n) is 2.38. The number of aliphatic hydroxyl groups excluding tert-OH is 1. The van der Waals surface area contributed by atoms with Gasteiger partial charge in [-0.2, -0.15) is 0 Å². The minimum atomic E-state index is -3.59. The molecule has 0 aromatic carbocycles. The molecular weight excluding hydrogens is 258 g/mol. The van der Waals surface area contributed by atoms with Crippen molar-refractivity contribution in [3.05, 3.63) is 12.5 Å². The van der Waals surface area contributed by atoms with Gasteiger partial charge in [0.15, 0.2) is 5.03 Å². The van der Waals surface area contributed by atoms with Crippen molar-refractivity contribution >= 4 is 10.0 Å². The van der Waals surface area contributed by atoms with E-state index in [0.29, 0.717) is 13.0 Å². The van der Waals surface area contributed by atoms with E-state index in [1.165, 1.54) is 19.6 Å². The predicted molar refractivity (Wildman–Crippen MR) is 65.6 cm³/mol. The molecule has 1 unspecified atom stereocenters. The van der Waals surface area contributed by atoms with E-state index in [2.05, 4.69) is 9.71 Å². The van der Waals surface area contributed by atoms with Crippen molar-refractivity contribution in [1.29, 1.82) is 0 Å². The number of sulfonamides is 1. The zero-order valence-corrected chi connectivity index (χ0v) is 11.4. The summed E-state index contributed by atoms with van der Waals surface area (Å²) in [6.45, 7) is 2.89. The van der Waals surface area contributed by atoms with E-state index < -0.39 is 16.1 Å². The Morgan fingerprint density at radius 1 is 1.61 bits per heavy atom. The lowest BCUT2D eigenvalue weighted by atomic mass is 10.3. The van der Waals surface area contributed by atoms with Crippen LogP contribution in [-0.4, -0.2) is 49.4 Å². The highest BCUT2D eigenvalue weighted by molar-refractivity contribution is 7.89. The van der Waals surface area contributed by atoms with Crippen molar-refractivity contribution in [1.82, 2.24) is 14.3 Å². The highest BCUT2D eigenvalue weighted by Crippen LogP contribution is 2.05. The van der Waals surface area contributed by atoms with Crippen LogP contribution in [0.4, 0.5) is 0 Å². The number of nitrogens with zero attached hydrogens (tertiary/aromatic N) is 2. The smallest absolute Gasteiger partial charge is 0.259 e. The summed E-state index contributed by atoms with van der Waals surface area (Å²) < 4.78 is 32.4. The van der Waals surface area contributed by atoms with Crippen LogP contribution in [0.2, 0.25) is 0 Å². The third kappa shape index (κ3) is 4.37. The molecule has 18 heavy (non-hydrogen) atoms. The molecule has 0 aliphatic heterocycles. The Labute approximate surface area is 107 Å². The summed E-state index contributed by atoms with van der Waals surface area (Å²) in [4.78, 5) is 3.82. The van der Waals surface area contributed by atoms with Gasteiger partial charge in [-0.3, -0.25) is 0 Å². The van der Waals surface area contributed by atoms with Gasteiger partial charge < -0.3 is 14.4 Å². The van der Waals surface area contributed by atoms with Gasteiger partial charge in [0.25, 0.3) is 10.0 Å². The van der Waals surface area contributed by atoms with Gasteiger partial charge in [0.05, 0.1) is 19.0 Å². The number of methoxy groups -OCH3 is 1. The van der Waals surface area contributed by atoms with E-state index >= 15 is 0 Å². The Morgan fingerprint density at radius 2 is 2.33 bits per heavy atom. The molecule has 0 aliphatic carbocycles. The van der Waals surface area contributed by atoms with Crippen molar-refractivity contribution in [2.45, 2.75) is 31.0 Å². The van der Waals surface area contributed by atoms with Gasteiger partial charge in [0.1, 0.15) is 0 Å². The minimum Gasteiger partial charge on any atom is -0.391 e.